The number of hydrogen-bond acceptors (Lipinski definition) is 3. The first-order valence-corrected chi connectivity index (χ1v) is 9.91. The predicted octanol–water partition coefficient (Wildman–Crippen LogP) is 3.88. The summed E-state index contributed by atoms with van der Waals surface area (Å²) in [6.45, 7) is 9.53. The third kappa shape index (κ3) is 5.48. The molecule has 3 nitrogen and oxygen atoms in total. The Morgan fingerprint density at radius 1 is 1.29 bits per heavy atom. The maximum atomic E-state index is 12.7. The summed E-state index contributed by atoms with van der Waals surface area (Å²) in [7, 11) is 0. The molecule has 0 spiro atoms. The third-order valence-corrected chi connectivity index (χ3v) is 5.19. The monoisotopic (exact) mass is 314 g/mol. The number of carbonyl (C=O) groups is 1. The highest BCUT2D eigenvalue weighted by Crippen LogP contribution is 2.27. The van der Waals surface area contributed by atoms with Gasteiger partial charge in [-0.05, 0) is 50.5 Å². The molecule has 2 unspecified atom stereocenters. The summed E-state index contributed by atoms with van der Waals surface area (Å²) >= 11 is 1.92. The molecule has 1 amide bonds. The second-order valence-corrected chi connectivity index (χ2v) is 7.87. The minimum atomic E-state index is -0.349. The van der Waals surface area contributed by atoms with Gasteiger partial charge in [-0.3, -0.25) is 10.1 Å². The van der Waals surface area contributed by atoms with Gasteiger partial charge in [-0.1, -0.05) is 33.6 Å². The van der Waals surface area contributed by atoms with E-state index in [-0.39, 0.29) is 11.7 Å². The zero-order valence-corrected chi connectivity index (χ0v) is 15.4. The zero-order chi connectivity index (χ0) is 15.9. The number of thioether (sulfide) groups is 1. The molecular formula is C17H34N2OS. The van der Waals surface area contributed by atoms with Crippen molar-refractivity contribution in [2.45, 2.75) is 77.9 Å². The molecule has 2 atom stereocenters. The maximum absolute atomic E-state index is 12.7. The molecule has 0 aromatic carbocycles. The minimum absolute atomic E-state index is 0.230. The average Bonchev–Trinajstić information content (AvgIpc) is 2.66. The van der Waals surface area contributed by atoms with Crippen molar-refractivity contribution in [1.29, 1.82) is 0 Å². The van der Waals surface area contributed by atoms with Crippen molar-refractivity contribution in [3.05, 3.63) is 0 Å². The molecule has 0 saturated carbocycles. The minimum Gasteiger partial charge on any atom is -0.326 e. The summed E-state index contributed by atoms with van der Waals surface area (Å²) in [5.74, 6) is 2.17. The number of nitrogens with zero attached hydrogens (tertiary/aromatic N) is 1. The molecule has 1 saturated heterocycles. The molecule has 1 N–H and O–H groups in total. The zero-order valence-electron chi connectivity index (χ0n) is 14.6. The third-order valence-electron chi connectivity index (χ3n) is 4.49. The van der Waals surface area contributed by atoms with Crippen LogP contribution in [0.5, 0.6) is 0 Å². The van der Waals surface area contributed by atoms with E-state index in [0.29, 0.717) is 11.8 Å². The number of amides is 1. The normalized spacial score (nSPS) is 26.1. The fourth-order valence-corrected chi connectivity index (χ4v) is 3.48. The molecule has 1 aliphatic heterocycles. The Balaban J connectivity index is 2.48. The molecule has 0 aliphatic carbocycles. The van der Waals surface area contributed by atoms with Crippen molar-refractivity contribution in [3.63, 3.8) is 0 Å². The van der Waals surface area contributed by atoms with Gasteiger partial charge in [0.2, 0.25) is 5.91 Å². The van der Waals surface area contributed by atoms with Crippen molar-refractivity contribution >= 4 is 17.7 Å². The van der Waals surface area contributed by atoms with Crippen LogP contribution in [0.4, 0.5) is 0 Å². The van der Waals surface area contributed by atoms with Gasteiger partial charge in [0.05, 0.1) is 11.7 Å². The Bertz CT molecular complexity index is 322. The first-order valence-electron chi connectivity index (χ1n) is 8.52. The smallest absolute Gasteiger partial charge is 0.243 e. The SMILES string of the molecule is CCC1(C)NC(CC(C)C)N(CCCCCCSC)C1=O. The van der Waals surface area contributed by atoms with E-state index in [1.165, 1.54) is 25.0 Å². The van der Waals surface area contributed by atoms with E-state index in [0.717, 1.165) is 25.8 Å². The second-order valence-electron chi connectivity index (χ2n) is 6.88. The summed E-state index contributed by atoms with van der Waals surface area (Å²) in [5, 5.41) is 3.58. The van der Waals surface area contributed by atoms with Gasteiger partial charge in [0.25, 0.3) is 0 Å². The van der Waals surface area contributed by atoms with E-state index < -0.39 is 0 Å². The molecule has 21 heavy (non-hydrogen) atoms. The van der Waals surface area contributed by atoms with Gasteiger partial charge in [0, 0.05) is 6.54 Å². The van der Waals surface area contributed by atoms with Crippen molar-refractivity contribution in [2.75, 3.05) is 18.6 Å². The van der Waals surface area contributed by atoms with Gasteiger partial charge in [-0.15, -0.1) is 0 Å². The highest BCUT2D eigenvalue weighted by molar-refractivity contribution is 7.98. The van der Waals surface area contributed by atoms with E-state index in [1.54, 1.807) is 0 Å². The Morgan fingerprint density at radius 3 is 2.52 bits per heavy atom. The molecule has 1 aliphatic rings. The lowest BCUT2D eigenvalue weighted by Crippen LogP contribution is -2.44. The first-order chi connectivity index (χ1) is 9.94. The molecule has 1 fully saturated rings. The number of nitrogens with one attached hydrogen (secondary N) is 1. The van der Waals surface area contributed by atoms with E-state index >= 15 is 0 Å². The molecule has 124 valence electrons. The Morgan fingerprint density at radius 2 is 1.95 bits per heavy atom. The van der Waals surface area contributed by atoms with Crippen LogP contribution in [0.15, 0.2) is 0 Å². The van der Waals surface area contributed by atoms with Gasteiger partial charge in [0.1, 0.15) is 0 Å². The van der Waals surface area contributed by atoms with Crippen LogP contribution >= 0.6 is 11.8 Å². The van der Waals surface area contributed by atoms with Gasteiger partial charge in [0.15, 0.2) is 0 Å². The topological polar surface area (TPSA) is 32.3 Å². The van der Waals surface area contributed by atoms with E-state index in [9.17, 15) is 4.79 Å². The second kappa shape index (κ2) is 9.04. The van der Waals surface area contributed by atoms with Crippen LogP contribution in [0.1, 0.15) is 66.2 Å². The van der Waals surface area contributed by atoms with E-state index in [2.05, 4.69) is 44.2 Å². The van der Waals surface area contributed by atoms with Crippen LogP contribution in [0.2, 0.25) is 0 Å². The van der Waals surface area contributed by atoms with Gasteiger partial charge in [-0.2, -0.15) is 11.8 Å². The summed E-state index contributed by atoms with van der Waals surface area (Å²) in [5.41, 5.74) is -0.349. The quantitative estimate of drug-likeness (QED) is 0.621. The van der Waals surface area contributed by atoms with Crippen molar-refractivity contribution < 1.29 is 4.79 Å². The van der Waals surface area contributed by atoms with E-state index in [1.807, 2.05) is 11.8 Å². The molecule has 1 heterocycles. The molecule has 4 heteroatoms. The average molecular weight is 315 g/mol. The Labute approximate surface area is 135 Å². The van der Waals surface area contributed by atoms with Crippen LogP contribution in [-0.4, -0.2) is 41.1 Å². The van der Waals surface area contributed by atoms with Crippen LogP contribution in [-0.2, 0) is 4.79 Å². The maximum Gasteiger partial charge on any atom is 0.243 e. The number of unbranched alkanes of at least 4 members (excludes halogenated alkanes) is 3. The molecule has 0 bridgehead atoms. The fourth-order valence-electron chi connectivity index (χ4n) is 2.99. The lowest BCUT2D eigenvalue weighted by molar-refractivity contribution is -0.133. The van der Waals surface area contributed by atoms with Crippen LogP contribution < -0.4 is 5.32 Å². The molecule has 0 radical (unpaired) electrons. The summed E-state index contributed by atoms with van der Waals surface area (Å²) in [6, 6.07) is 0. The number of rotatable bonds is 10. The first kappa shape index (κ1) is 18.8. The van der Waals surface area contributed by atoms with Gasteiger partial charge in [-0.25, -0.2) is 0 Å². The highest BCUT2D eigenvalue weighted by atomic mass is 32.2. The van der Waals surface area contributed by atoms with Gasteiger partial charge >= 0.3 is 0 Å². The largest absolute Gasteiger partial charge is 0.326 e. The number of carbonyl (C=O) groups excluding carboxylic acids is 1. The van der Waals surface area contributed by atoms with Crippen LogP contribution in [0, 0.1) is 5.92 Å². The van der Waals surface area contributed by atoms with Crippen molar-refractivity contribution in [1.82, 2.24) is 10.2 Å². The highest BCUT2D eigenvalue weighted by Gasteiger charge is 2.46. The molecule has 1 rings (SSSR count). The Kier molecular flexibility index (Phi) is 8.10. The van der Waals surface area contributed by atoms with Gasteiger partial charge < -0.3 is 4.90 Å². The lowest BCUT2D eigenvalue weighted by Gasteiger charge is -2.25. The summed E-state index contributed by atoms with van der Waals surface area (Å²) in [6.07, 6.45) is 9.27. The Hall–Kier alpha value is -0.220. The van der Waals surface area contributed by atoms with Crippen LogP contribution in [0.25, 0.3) is 0 Å². The van der Waals surface area contributed by atoms with Crippen LogP contribution in [0.3, 0.4) is 0 Å². The lowest BCUT2D eigenvalue weighted by atomic mass is 9.99. The standard InChI is InChI=1S/C17H34N2OS/c1-6-17(4)16(20)19(15(18-17)13-14(2)3)11-9-7-8-10-12-21-5/h14-15,18H,6-13H2,1-5H3. The van der Waals surface area contributed by atoms with Crippen molar-refractivity contribution in [3.8, 4) is 0 Å². The van der Waals surface area contributed by atoms with Crippen molar-refractivity contribution in [2.24, 2.45) is 5.92 Å². The molecular weight excluding hydrogens is 280 g/mol. The molecule has 0 aromatic heterocycles. The number of hydrogen-bond donors (Lipinski definition) is 1. The van der Waals surface area contributed by atoms with E-state index in [4.69, 9.17) is 0 Å². The fraction of sp³-hybridized carbons (Fsp3) is 0.941. The molecule has 0 aromatic rings. The summed E-state index contributed by atoms with van der Waals surface area (Å²) < 4.78 is 0. The summed E-state index contributed by atoms with van der Waals surface area (Å²) in [4.78, 5) is 14.8. The predicted molar refractivity (Wildman–Crippen MR) is 93.6 cm³/mol.